The highest BCUT2D eigenvalue weighted by atomic mass is 16.5. The molecule has 0 aliphatic carbocycles. The number of rotatable bonds is 10. The van der Waals surface area contributed by atoms with Crippen LogP contribution < -0.4 is 10.5 Å². The molecule has 0 unspecified atom stereocenters. The van der Waals surface area contributed by atoms with Crippen molar-refractivity contribution in [2.24, 2.45) is 0 Å². The Morgan fingerprint density at radius 1 is 1.32 bits per heavy atom. The zero-order valence-electron chi connectivity index (χ0n) is 16.5. The van der Waals surface area contributed by atoms with Crippen LogP contribution in [0.1, 0.15) is 33.1 Å². The Balaban J connectivity index is 1.56. The second kappa shape index (κ2) is 9.65. The second-order valence-electron chi connectivity index (χ2n) is 6.61. The summed E-state index contributed by atoms with van der Waals surface area (Å²) < 4.78 is 18.4. The van der Waals surface area contributed by atoms with Crippen LogP contribution in [0.15, 0.2) is 6.33 Å². The van der Waals surface area contributed by atoms with E-state index in [1.807, 2.05) is 23.3 Å². The molecule has 0 amide bonds. The van der Waals surface area contributed by atoms with E-state index in [0.717, 1.165) is 25.8 Å². The van der Waals surface area contributed by atoms with Gasteiger partial charge in [-0.25, -0.2) is 4.98 Å². The van der Waals surface area contributed by atoms with E-state index in [1.54, 1.807) is 6.33 Å². The molecule has 0 aromatic carbocycles. The van der Waals surface area contributed by atoms with E-state index >= 15 is 0 Å². The molecule has 0 saturated carbocycles. The molecule has 2 aromatic rings. The van der Waals surface area contributed by atoms with E-state index in [-0.39, 0.29) is 18.0 Å². The van der Waals surface area contributed by atoms with Crippen LogP contribution in [0.5, 0.6) is 5.88 Å². The SMILES string of the molecule is CCCOc1nc(N)nc2c1ncn2CCOCN1CCC[C@H]1C(=O)OCC. The Kier molecular flexibility index (Phi) is 6.99. The van der Waals surface area contributed by atoms with Gasteiger partial charge >= 0.3 is 5.97 Å². The summed E-state index contributed by atoms with van der Waals surface area (Å²) in [5.41, 5.74) is 7.01. The number of nitrogens with zero attached hydrogens (tertiary/aromatic N) is 5. The van der Waals surface area contributed by atoms with Crippen LogP contribution in [0.2, 0.25) is 0 Å². The molecule has 10 heteroatoms. The molecular formula is C18H28N6O4. The first-order valence-electron chi connectivity index (χ1n) is 9.73. The van der Waals surface area contributed by atoms with E-state index < -0.39 is 0 Å². The molecule has 3 rings (SSSR count). The van der Waals surface area contributed by atoms with Crippen molar-refractivity contribution in [3.8, 4) is 5.88 Å². The third kappa shape index (κ3) is 4.68. The third-order valence-electron chi connectivity index (χ3n) is 4.55. The Bertz CT molecular complexity index is 796. The van der Waals surface area contributed by atoms with Gasteiger partial charge in [0, 0.05) is 13.1 Å². The van der Waals surface area contributed by atoms with Gasteiger partial charge in [-0.05, 0) is 26.2 Å². The number of fused-ring (bicyclic) bond motifs is 1. The Hall–Kier alpha value is -2.46. The van der Waals surface area contributed by atoms with Gasteiger partial charge in [0.2, 0.25) is 11.8 Å². The summed E-state index contributed by atoms with van der Waals surface area (Å²) >= 11 is 0. The number of nitrogens with two attached hydrogens (primary N) is 1. The van der Waals surface area contributed by atoms with Gasteiger partial charge < -0.3 is 24.5 Å². The first-order chi connectivity index (χ1) is 13.6. The monoisotopic (exact) mass is 392 g/mol. The zero-order valence-corrected chi connectivity index (χ0v) is 16.5. The van der Waals surface area contributed by atoms with E-state index in [4.69, 9.17) is 19.9 Å². The van der Waals surface area contributed by atoms with Gasteiger partial charge in [-0.3, -0.25) is 9.69 Å². The Morgan fingerprint density at radius 2 is 2.18 bits per heavy atom. The number of carbonyl (C=O) groups excluding carboxylic acids is 1. The first-order valence-corrected chi connectivity index (χ1v) is 9.73. The second-order valence-corrected chi connectivity index (χ2v) is 6.61. The lowest BCUT2D eigenvalue weighted by molar-refractivity contribution is -0.150. The summed E-state index contributed by atoms with van der Waals surface area (Å²) in [5.74, 6) is 0.380. The molecule has 1 saturated heterocycles. The molecule has 0 spiro atoms. The summed E-state index contributed by atoms with van der Waals surface area (Å²) in [6, 6.07) is -0.208. The maximum absolute atomic E-state index is 12.0. The van der Waals surface area contributed by atoms with Gasteiger partial charge in [0.25, 0.3) is 0 Å². The molecule has 154 valence electrons. The van der Waals surface area contributed by atoms with Gasteiger partial charge in [0.05, 0.1) is 32.9 Å². The molecule has 28 heavy (non-hydrogen) atoms. The van der Waals surface area contributed by atoms with Crippen LogP contribution in [0.25, 0.3) is 11.2 Å². The summed E-state index contributed by atoms with van der Waals surface area (Å²) in [5, 5.41) is 0. The van der Waals surface area contributed by atoms with Crippen molar-refractivity contribution in [1.82, 2.24) is 24.4 Å². The number of esters is 1. The maximum Gasteiger partial charge on any atom is 0.323 e. The van der Waals surface area contributed by atoms with Crippen LogP contribution in [0.3, 0.4) is 0 Å². The highest BCUT2D eigenvalue weighted by molar-refractivity contribution is 5.77. The van der Waals surface area contributed by atoms with Crippen molar-refractivity contribution in [1.29, 1.82) is 0 Å². The smallest absolute Gasteiger partial charge is 0.323 e. The number of imidazole rings is 1. The number of nitrogen functional groups attached to an aromatic ring is 1. The van der Waals surface area contributed by atoms with Crippen LogP contribution in [-0.2, 0) is 20.8 Å². The molecule has 2 N–H and O–H groups in total. The number of carbonyl (C=O) groups is 1. The highest BCUT2D eigenvalue weighted by Gasteiger charge is 2.31. The molecule has 1 atom stereocenters. The van der Waals surface area contributed by atoms with Gasteiger partial charge in [0.15, 0.2) is 11.2 Å². The first kappa shape index (κ1) is 20.3. The van der Waals surface area contributed by atoms with Crippen molar-refractivity contribution < 1.29 is 19.0 Å². The fourth-order valence-corrected chi connectivity index (χ4v) is 3.23. The van der Waals surface area contributed by atoms with Crippen LogP contribution >= 0.6 is 0 Å². The normalized spacial score (nSPS) is 17.3. The van der Waals surface area contributed by atoms with Crippen molar-refractivity contribution in [3.63, 3.8) is 0 Å². The van der Waals surface area contributed by atoms with Crippen LogP contribution in [0.4, 0.5) is 5.95 Å². The number of hydrogen-bond acceptors (Lipinski definition) is 9. The number of aromatic nitrogens is 4. The lowest BCUT2D eigenvalue weighted by Crippen LogP contribution is -2.38. The topological polar surface area (TPSA) is 118 Å². The predicted octanol–water partition coefficient (Wildman–Crippen LogP) is 1.20. The Labute approximate surface area is 164 Å². The maximum atomic E-state index is 12.0. The minimum atomic E-state index is -0.208. The Morgan fingerprint density at radius 3 is 2.96 bits per heavy atom. The molecule has 10 nitrogen and oxygen atoms in total. The number of hydrogen-bond donors (Lipinski definition) is 1. The highest BCUT2D eigenvalue weighted by Crippen LogP contribution is 2.22. The largest absolute Gasteiger partial charge is 0.476 e. The van der Waals surface area contributed by atoms with Gasteiger partial charge in [-0.2, -0.15) is 9.97 Å². The van der Waals surface area contributed by atoms with E-state index in [2.05, 4.69) is 15.0 Å². The summed E-state index contributed by atoms with van der Waals surface area (Å²) in [6.45, 7) is 7.00. The molecule has 0 bridgehead atoms. The minimum absolute atomic E-state index is 0.149. The van der Waals surface area contributed by atoms with Gasteiger partial charge in [-0.1, -0.05) is 6.92 Å². The molecule has 1 fully saturated rings. The lowest BCUT2D eigenvalue weighted by Gasteiger charge is -2.22. The molecule has 0 radical (unpaired) electrons. The fourth-order valence-electron chi connectivity index (χ4n) is 3.23. The van der Waals surface area contributed by atoms with Crippen LogP contribution in [0, 0.1) is 0 Å². The number of likely N-dealkylation sites (tertiary alicyclic amines) is 1. The summed E-state index contributed by atoms with van der Waals surface area (Å²) in [6.07, 6.45) is 4.32. The predicted molar refractivity (Wildman–Crippen MR) is 103 cm³/mol. The lowest BCUT2D eigenvalue weighted by atomic mass is 10.2. The van der Waals surface area contributed by atoms with Crippen LogP contribution in [-0.4, -0.2) is 69.5 Å². The third-order valence-corrected chi connectivity index (χ3v) is 4.55. The van der Waals surface area contributed by atoms with Crippen molar-refractivity contribution in [3.05, 3.63) is 6.33 Å². The summed E-state index contributed by atoms with van der Waals surface area (Å²) in [4.78, 5) is 26.8. The van der Waals surface area contributed by atoms with Crippen molar-refractivity contribution in [2.75, 3.05) is 38.8 Å². The summed E-state index contributed by atoms with van der Waals surface area (Å²) in [7, 11) is 0. The molecule has 1 aliphatic rings. The molecule has 2 aromatic heterocycles. The van der Waals surface area contributed by atoms with E-state index in [0.29, 0.717) is 50.1 Å². The van der Waals surface area contributed by atoms with Gasteiger partial charge in [0.1, 0.15) is 6.04 Å². The fraction of sp³-hybridized carbons (Fsp3) is 0.667. The zero-order chi connectivity index (χ0) is 19.9. The molecule has 3 heterocycles. The van der Waals surface area contributed by atoms with Gasteiger partial charge in [-0.15, -0.1) is 0 Å². The molecular weight excluding hydrogens is 364 g/mol. The molecule has 1 aliphatic heterocycles. The standard InChI is InChI=1S/C18H28N6O4/c1-3-9-28-16-14-15(21-18(19)22-16)23(11-20-14)8-10-26-12-24-7-5-6-13(24)17(25)27-4-2/h11,13H,3-10,12H2,1-2H3,(H2,19,21,22)/t13-/m0/s1. The average Bonchev–Trinajstić information content (AvgIpc) is 3.30. The average molecular weight is 392 g/mol. The van der Waals surface area contributed by atoms with E-state index in [9.17, 15) is 4.79 Å². The van der Waals surface area contributed by atoms with Crippen molar-refractivity contribution >= 4 is 23.1 Å². The number of ether oxygens (including phenoxy) is 3. The number of anilines is 1. The minimum Gasteiger partial charge on any atom is -0.476 e. The quantitative estimate of drug-likeness (QED) is 0.470. The van der Waals surface area contributed by atoms with Crippen molar-refractivity contribution in [2.45, 2.75) is 45.7 Å². The van der Waals surface area contributed by atoms with E-state index in [1.165, 1.54) is 0 Å².